The van der Waals surface area contributed by atoms with E-state index >= 15 is 0 Å². The van der Waals surface area contributed by atoms with E-state index in [0.717, 1.165) is 12.3 Å². The lowest BCUT2D eigenvalue weighted by atomic mass is 10.0. The number of carbonyl (C=O) groups is 2. The van der Waals surface area contributed by atoms with Crippen molar-refractivity contribution in [2.75, 3.05) is 32.7 Å². The Bertz CT molecular complexity index is 803. The quantitative estimate of drug-likeness (QED) is 0.599. The fourth-order valence-electron chi connectivity index (χ4n) is 3.55. The lowest BCUT2D eigenvalue weighted by molar-refractivity contribution is -0.00163. The van der Waals surface area contributed by atoms with Crippen molar-refractivity contribution in [1.82, 2.24) is 15.2 Å². The SMILES string of the molecule is CC(C)(C)OC(=O)N1CC2=CCN=C2C1.CC(C)(C)OC(=O)N1CC2C=NNC2(O)C1. The van der Waals surface area contributed by atoms with Crippen LogP contribution in [0.1, 0.15) is 41.5 Å². The number of hydrogen-bond donors (Lipinski definition) is 2. The van der Waals surface area contributed by atoms with Gasteiger partial charge in [0.05, 0.1) is 37.8 Å². The van der Waals surface area contributed by atoms with Crippen molar-refractivity contribution >= 4 is 24.1 Å². The molecule has 4 rings (SSSR count). The number of carbonyl (C=O) groups excluding carboxylic acids is 2. The average Bonchev–Trinajstić information content (AvgIpc) is 3.29. The van der Waals surface area contributed by atoms with Crippen LogP contribution in [0, 0.1) is 5.92 Å². The number of amides is 2. The third-order valence-corrected chi connectivity index (χ3v) is 4.97. The fourth-order valence-corrected chi connectivity index (χ4v) is 3.55. The summed E-state index contributed by atoms with van der Waals surface area (Å²) in [6.07, 6.45) is 3.05. The maximum absolute atomic E-state index is 11.8. The lowest BCUT2D eigenvalue weighted by Crippen LogP contribution is -2.47. The summed E-state index contributed by atoms with van der Waals surface area (Å²) >= 11 is 0. The Morgan fingerprint density at radius 1 is 1.10 bits per heavy atom. The molecule has 2 fully saturated rings. The number of fused-ring (bicyclic) bond motifs is 2. The van der Waals surface area contributed by atoms with Gasteiger partial charge in [0, 0.05) is 12.8 Å². The smallest absolute Gasteiger partial charge is 0.410 e. The molecule has 0 aromatic carbocycles. The van der Waals surface area contributed by atoms with Gasteiger partial charge < -0.3 is 19.5 Å². The molecule has 0 radical (unpaired) electrons. The van der Waals surface area contributed by atoms with Crippen LogP contribution in [0.4, 0.5) is 9.59 Å². The van der Waals surface area contributed by atoms with Crippen LogP contribution in [-0.4, -0.2) is 88.7 Å². The van der Waals surface area contributed by atoms with Crippen LogP contribution in [0.5, 0.6) is 0 Å². The van der Waals surface area contributed by atoms with Crippen molar-refractivity contribution < 1.29 is 24.2 Å². The summed E-state index contributed by atoms with van der Waals surface area (Å²) in [5.41, 5.74) is 2.79. The number of likely N-dealkylation sites (tertiary alicyclic amines) is 2. The van der Waals surface area contributed by atoms with Gasteiger partial charge in [-0.3, -0.25) is 15.3 Å². The third kappa shape index (κ3) is 5.75. The van der Waals surface area contributed by atoms with Gasteiger partial charge in [0.25, 0.3) is 0 Å². The Labute approximate surface area is 183 Å². The van der Waals surface area contributed by atoms with Gasteiger partial charge in [0.15, 0.2) is 5.72 Å². The summed E-state index contributed by atoms with van der Waals surface area (Å²) in [4.78, 5) is 31.0. The first-order chi connectivity index (χ1) is 14.3. The number of hydrogen-bond acceptors (Lipinski definition) is 8. The van der Waals surface area contributed by atoms with E-state index in [4.69, 9.17) is 9.47 Å². The van der Waals surface area contributed by atoms with Gasteiger partial charge in [-0.1, -0.05) is 6.08 Å². The highest BCUT2D eigenvalue weighted by atomic mass is 16.6. The lowest BCUT2D eigenvalue weighted by Gasteiger charge is -2.25. The van der Waals surface area contributed by atoms with Gasteiger partial charge in [-0.25, -0.2) is 9.59 Å². The molecule has 4 heterocycles. The number of nitrogens with zero attached hydrogens (tertiary/aromatic N) is 4. The van der Waals surface area contributed by atoms with Crippen molar-refractivity contribution in [2.45, 2.75) is 58.5 Å². The summed E-state index contributed by atoms with van der Waals surface area (Å²) in [6.45, 7) is 13.7. The zero-order valence-corrected chi connectivity index (χ0v) is 19.1. The van der Waals surface area contributed by atoms with Gasteiger partial charge in [0.2, 0.25) is 0 Å². The molecule has 172 valence electrons. The van der Waals surface area contributed by atoms with Gasteiger partial charge in [0.1, 0.15) is 11.2 Å². The first-order valence-electron chi connectivity index (χ1n) is 10.5. The number of β-amino-alcohol motifs (C(OH)–C–C–N with tert-alkyl or cyclic N) is 1. The molecule has 0 aromatic heterocycles. The Morgan fingerprint density at radius 2 is 1.71 bits per heavy atom. The fraction of sp³-hybridized carbons (Fsp3) is 0.714. The molecular weight excluding hydrogens is 402 g/mol. The predicted molar refractivity (Wildman–Crippen MR) is 116 cm³/mol. The molecule has 2 N–H and O–H groups in total. The molecule has 10 nitrogen and oxygen atoms in total. The van der Waals surface area contributed by atoms with Gasteiger partial charge in [-0.2, -0.15) is 5.10 Å². The van der Waals surface area contributed by atoms with E-state index in [1.807, 2.05) is 41.5 Å². The topological polar surface area (TPSA) is 116 Å². The molecule has 2 saturated heterocycles. The molecule has 4 aliphatic rings. The first kappa shape index (κ1) is 23.1. The Morgan fingerprint density at radius 3 is 2.26 bits per heavy atom. The predicted octanol–water partition coefficient (Wildman–Crippen LogP) is 1.75. The van der Waals surface area contributed by atoms with Crippen molar-refractivity contribution in [3.63, 3.8) is 0 Å². The van der Waals surface area contributed by atoms with Crippen LogP contribution in [0.25, 0.3) is 0 Å². The highest BCUT2D eigenvalue weighted by Gasteiger charge is 2.49. The second-order valence-corrected chi connectivity index (χ2v) is 10.1. The second-order valence-electron chi connectivity index (χ2n) is 10.1. The molecule has 10 heteroatoms. The van der Waals surface area contributed by atoms with Gasteiger partial charge in [-0.05, 0) is 47.1 Å². The molecule has 0 aromatic rings. The number of aliphatic hydroxyl groups is 1. The molecule has 31 heavy (non-hydrogen) atoms. The van der Waals surface area contributed by atoms with E-state index in [2.05, 4.69) is 21.6 Å². The number of nitrogens with one attached hydrogen (secondary N) is 1. The third-order valence-electron chi connectivity index (χ3n) is 4.97. The Balaban J connectivity index is 0.000000176. The summed E-state index contributed by atoms with van der Waals surface area (Å²) in [5, 5.41) is 13.9. The first-order valence-corrected chi connectivity index (χ1v) is 10.5. The molecule has 0 saturated carbocycles. The number of ether oxygens (including phenoxy) is 2. The van der Waals surface area contributed by atoms with Gasteiger partial charge in [-0.15, -0.1) is 0 Å². The normalized spacial score (nSPS) is 26.4. The maximum atomic E-state index is 11.8. The van der Waals surface area contributed by atoms with Crippen LogP contribution in [0.15, 0.2) is 21.7 Å². The van der Waals surface area contributed by atoms with Crippen LogP contribution < -0.4 is 5.43 Å². The minimum Gasteiger partial charge on any atom is -0.444 e. The molecule has 2 amide bonds. The molecule has 0 aliphatic carbocycles. The highest BCUT2D eigenvalue weighted by molar-refractivity contribution is 6.07. The van der Waals surface area contributed by atoms with E-state index in [9.17, 15) is 14.7 Å². The summed E-state index contributed by atoms with van der Waals surface area (Å²) < 4.78 is 10.5. The molecule has 2 atom stereocenters. The molecule has 0 bridgehead atoms. The van der Waals surface area contributed by atoms with E-state index in [1.165, 1.54) is 10.5 Å². The van der Waals surface area contributed by atoms with Crippen LogP contribution in [0.3, 0.4) is 0 Å². The molecule has 2 unspecified atom stereocenters. The summed E-state index contributed by atoms with van der Waals surface area (Å²) in [5.74, 6) is -0.153. The standard InChI is InChI=1S/C11H16N2O2.C10H17N3O3/c1-11(2,3)15-10(14)13-6-8-4-5-12-9(8)7-13;1-9(2,3)16-8(14)13-5-7-4-11-12-10(7,15)6-13/h4H,5-7H2,1-3H3;4,7,12,15H,5-6H2,1-3H3. The Hall–Kier alpha value is -2.62. The van der Waals surface area contributed by atoms with Crippen LogP contribution in [0.2, 0.25) is 0 Å². The van der Waals surface area contributed by atoms with Crippen LogP contribution in [-0.2, 0) is 9.47 Å². The van der Waals surface area contributed by atoms with Crippen molar-refractivity contribution in [3.05, 3.63) is 11.6 Å². The van der Waals surface area contributed by atoms with E-state index in [1.54, 1.807) is 11.1 Å². The number of aliphatic imine (C=N–C) groups is 1. The largest absolute Gasteiger partial charge is 0.444 e. The zero-order chi connectivity index (χ0) is 23.0. The summed E-state index contributed by atoms with van der Waals surface area (Å²) in [6, 6.07) is 0. The molecular formula is C21H33N5O5. The maximum Gasteiger partial charge on any atom is 0.410 e. The molecule has 0 spiro atoms. The number of hydrazone groups is 1. The average molecular weight is 436 g/mol. The number of rotatable bonds is 0. The Kier molecular flexibility index (Phi) is 6.05. The molecule has 4 aliphatic heterocycles. The monoisotopic (exact) mass is 435 g/mol. The van der Waals surface area contributed by atoms with Crippen LogP contribution >= 0.6 is 0 Å². The van der Waals surface area contributed by atoms with E-state index in [0.29, 0.717) is 19.6 Å². The van der Waals surface area contributed by atoms with Crippen molar-refractivity contribution in [1.29, 1.82) is 0 Å². The van der Waals surface area contributed by atoms with Crippen molar-refractivity contribution in [3.8, 4) is 0 Å². The highest BCUT2D eigenvalue weighted by Crippen LogP contribution is 2.28. The van der Waals surface area contributed by atoms with E-state index < -0.39 is 23.0 Å². The summed E-state index contributed by atoms with van der Waals surface area (Å²) in [7, 11) is 0. The minimum atomic E-state index is -1.11. The van der Waals surface area contributed by atoms with Gasteiger partial charge >= 0.3 is 12.2 Å². The zero-order valence-electron chi connectivity index (χ0n) is 19.1. The van der Waals surface area contributed by atoms with E-state index in [-0.39, 0.29) is 18.6 Å². The second kappa shape index (κ2) is 8.14. The van der Waals surface area contributed by atoms with Crippen molar-refractivity contribution in [2.24, 2.45) is 16.0 Å². The minimum absolute atomic E-state index is 0.153.